The number of aromatic hydroxyl groups is 1. The average Bonchev–Trinajstić information content (AvgIpc) is 3.66. The van der Waals surface area contributed by atoms with Gasteiger partial charge in [0.15, 0.2) is 0 Å². The maximum Gasteiger partial charge on any atom is 0.149 e. The molecule has 2 heterocycles. The Kier molecular flexibility index (Phi) is 7.47. The van der Waals surface area contributed by atoms with Gasteiger partial charge in [-0.15, -0.1) is 0 Å². The molecule has 2 aromatic heterocycles. The van der Waals surface area contributed by atoms with Crippen LogP contribution in [0.5, 0.6) is 5.75 Å². The molecular weight excluding hydrogens is 707 g/mol. The number of para-hydroxylation sites is 1. The first-order chi connectivity index (χ1) is 31.3. The predicted molar refractivity (Wildman–Crippen MR) is 244 cm³/mol. The number of aromatic nitrogens is 3. The third-order valence-electron chi connectivity index (χ3n) is 10.7. The van der Waals surface area contributed by atoms with Gasteiger partial charge in [-0.1, -0.05) is 146 Å². The summed E-state index contributed by atoms with van der Waals surface area (Å²) in [5, 5.41) is 12.0. The van der Waals surface area contributed by atoms with Crippen LogP contribution in [-0.4, -0.2) is 19.6 Å². The van der Waals surface area contributed by atoms with Crippen LogP contribution in [0.15, 0.2) is 146 Å². The number of aryl methyl sites for hydroxylation is 1. The van der Waals surface area contributed by atoms with Crippen molar-refractivity contribution in [2.75, 3.05) is 0 Å². The maximum atomic E-state index is 12.0. The zero-order valence-corrected chi connectivity index (χ0v) is 34.5. The predicted octanol–water partition coefficient (Wildman–Crippen LogP) is 14.5. The Morgan fingerprint density at radius 3 is 2.07 bits per heavy atom. The van der Waals surface area contributed by atoms with Crippen LogP contribution in [0.4, 0.5) is 0 Å². The smallest absolute Gasteiger partial charge is 0.149 e. The Bertz CT molecular complexity index is 3270. The second-order valence-electron chi connectivity index (χ2n) is 17.2. The van der Waals surface area contributed by atoms with Gasteiger partial charge in [-0.3, -0.25) is 9.55 Å². The van der Waals surface area contributed by atoms with Gasteiger partial charge in [-0.2, -0.15) is 0 Å². The summed E-state index contributed by atoms with van der Waals surface area (Å²) >= 11 is 0. The van der Waals surface area contributed by atoms with E-state index in [1.807, 2.05) is 106 Å². The third kappa shape index (κ3) is 7.36. The number of rotatable bonds is 7. The van der Waals surface area contributed by atoms with E-state index in [2.05, 4.69) is 63.2 Å². The van der Waals surface area contributed by atoms with Gasteiger partial charge in [0, 0.05) is 24.2 Å². The highest BCUT2D eigenvalue weighted by Crippen LogP contribution is 2.44. The standard InChI is InChI=1S/C54H53N3O/c1-34(2)38-23-24-48(45(31-38)37-19-14-11-15-20-37)57-49-22-16-21-44(50(49)56-52(57)46-33-42(53(4,5)6)27-35(3)51(46)58)40-28-41(30-43(29-40)54(7,8)9)47-32-39(25-26-55-47)36-17-12-10-13-18-36/h10-34,58H,1-9H3/i10D,12D,13D,17D,18D,25D,26D,32D,34D. The summed E-state index contributed by atoms with van der Waals surface area (Å²) in [5.74, 6) is -0.298. The van der Waals surface area contributed by atoms with Crippen molar-refractivity contribution in [1.29, 1.82) is 0 Å². The molecule has 0 radical (unpaired) electrons. The molecule has 290 valence electrons. The largest absolute Gasteiger partial charge is 0.507 e. The van der Waals surface area contributed by atoms with Gasteiger partial charge in [0.2, 0.25) is 0 Å². The van der Waals surface area contributed by atoms with Crippen LogP contribution in [0, 0.1) is 6.92 Å². The number of imidazole rings is 1. The lowest BCUT2D eigenvalue weighted by Crippen LogP contribution is -2.12. The van der Waals surface area contributed by atoms with Crippen LogP contribution in [0.3, 0.4) is 0 Å². The van der Waals surface area contributed by atoms with Crippen molar-refractivity contribution < 1.29 is 17.4 Å². The molecule has 0 aliphatic rings. The van der Waals surface area contributed by atoms with Crippen LogP contribution >= 0.6 is 0 Å². The monoisotopic (exact) mass is 768 g/mol. The number of fused-ring (bicyclic) bond motifs is 1. The summed E-state index contributed by atoms with van der Waals surface area (Å²) < 4.78 is 80.5. The molecule has 58 heavy (non-hydrogen) atoms. The molecule has 4 heteroatoms. The molecular formula is C54H53N3O. The van der Waals surface area contributed by atoms with E-state index in [1.165, 1.54) is 0 Å². The Morgan fingerprint density at radius 1 is 0.655 bits per heavy atom. The zero-order chi connectivity index (χ0) is 48.8. The van der Waals surface area contributed by atoms with Gasteiger partial charge >= 0.3 is 0 Å². The van der Waals surface area contributed by atoms with E-state index >= 15 is 0 Å². The van der Waals surface area contributed by atoms with Gasteiger partial charge in [0.05, 0.1) is 38.9 Å². The first kappa shape index (κ1) is 29.0. The van der Waals surface area contributed by atoms with Crippen LogP contribution in [0.2, 0.25) is 0 Å². The number of phenolic OH excluding ortho intramolecular Hbond substituents is 1. The molecule has 0 bridgehead atoms. The molecule has 0 atom stereocenters. The summed E-state index contributed by atoms with van der Waals surface area (Å²) in [7, 11) is 0. The van der Waals surface area contributed by atoms with Crippen molar-refractivity contribution in [3.05, 3.63) is 168 Å². The van der Waals surface area contributed by atoms with E-state index in [0.717, 1.165) is 44.6 Å². The van der Waals surface area contributed by atoms with Gasteiger partial charge in [0.1, 0.15) is 11.6 Å². The van der Waals surface area contributed by atoms with E-state index in [1.54, 1.807) is 0 Å². The summed E-state index contributed by atoms with van der Waals surface area (Å²) in [6.07, 6.45) is -0.511. The number of hydrogen-bond acceptors (Lipinski definition) is 3. The summed E-state index contributed by atoms with van der Waals surface area (Å²) in [4.78, 5) is 9.92. The molecule has 4 nitrogen and oxygen atoms in total. The quantitative estimate of drug-likeness (QED) is 0.176. The zero-order valence-electron chi connectivity index (χ0n) is 43.5. The highest BCUT2D eigenvalue weighted by atomic mass is 16.3. The molecule has 0 fully saturated rings. The van der Waals surface area contributed by atoms with Crippen molar-refractivity contribution in [3.8, 4) is 67.5 Å². The number of benzene rings is 6. The molecule has 0 spiro atoms. The van der Waals surface area contributed by atoms with Crippen LogP contribution in [0.25, 0.3) is 72.7 Å². The Hall–Kier alpha value is -6.26. The molecule has 0 amide bonds. The second-order valence-corrected chi connectivity index (χ2v) is 17.2. The van der Waals surface area contributed by atoms with Crippen molar-refractivity contribution in [1.82, 2.24) is 14.5 Å². The van der Waals surface area contributed by atoms with E-state index < -0.39 is 53.7 Å². The molecule has 8 aromatic rings. The average molecular weight is 769 g/mol. The topological polar surface area (TPSA) is 50.9 Å². The minimum absolute atomic E-state index is 0.0119. The Labute approximate surface area is 356 Å². The fourth-order valence-corrected chi connectivity index (χ4v) is 7.34. The third-order valence-corrected chi connectivity index (χ3v) is 10.7. The Morgan fingerprint density at radius 2 is 1.36 bits per heavy atom. The van der Waals surface area contributed by atoms with Gasteiger partial charge in [-0.05, 0) is 117 Å². The van der Waals surface area contributed by atoms with E-state index in [0.29, 0.717) is 33.6 Å². The number of nitrogens with zero attached hydrogens (tertiary/aromatic N) is 3. The number of phenols is 1. The lowest BCUT2D eigenvalue weighted by molar-refractivity contribution is 0.471. The van der Waals surface area contributed by atoms with Gasteiger partial charge < -0.3 is 5.11 Å². The van der Waals surface area contributed by atoms with Crippen LogP contribution in [-0.2, 0) is 10.8 Å². The fraction of sp³-hybridized carbons (Fsp3) is 0.222. The Balaban J connectivity index is 1.47. The fourth-order valence-electron chi connectivity index (χ4n) is 7.34. The second kappa shape index (κ2) is 14.9. The molecule has 1 N–H and O–H groups in total. The highest BCUT2D eigenvalue weighted by molar-refractivity contribution is 5.98. The van der Waals surface area contributed by atoms with E-state index in [9.17, 15) is 6.48 Å². The van der Waals surface area contributed by atoms with Gasteiger partial charge in [-0.25, -0.2) is 4.98 Å². The minimum atomic E-state index is -0.897. The lowest BCUT2D eigenvalue weighted by atomic mass is 9.83. The molecule has 0 saturated heterocycles. The summed E-state index contributed by atoms with van der Waals surface area (Å²) in [5.41, 5.74) is 8.43. The summed E-state index contributed by atoms with van der Waals surface area (Å²) in [6.45, 7) is 18.2. The molecule has 0 unspecified atom stereocenters. The van der Waals surface area contributed by atoms with Crippen LogP contribution < -0.4 is 0 Å². The van der Waals surface area contributed by atoms with E-state index in [-0.39, 0.29) is 34.0 Å². The molecule has 6 aromatic carbocycles. The summed E-state index contributed by atoms with van der Waals surface area (Å²) in [6, 6.07) is 27.9. The SMILES string of the molecule is [2H]c1nc(-c2cc(-c3cccc4c3nc(-c3cc(C(C)(C)C)cc(C)c3O)n4-c3ccc(C([2H])(C)C)cc3-c3ccccc3)cc(C(C)(C)C)c2)c([2H])c(-c2c([2H])c([2H])c([2H])c([2H])c2[2H])c1[2H]. The van der Waals surface area contributed by atoms with Crippen molar-refractivity contribution >= 4 is 11.0 Å². The minimum Gasteiger partial charge on any atom is -0.507 e. The molecule has 0 aliphatic heterocycles. The molecule has 0 aliphatic carbocycles. The molecule has 0 saturated carbocycles. The first-order valence-corrected chi connectivity index (χ1v) is 19.6. The number of pyridine rings is 1. The lowest BCUT2D eigenvalue weighted by Gasteiger charge is -2.22. The number of hydrogen-bond donors (Lipinski definition) is 1. The molecule has 8 rings (SSSR count). The van der Waals surface area contributed by atoms with E-state index in [4.69, 9.17) is 16.0 Å². The first-order valence-electron chi connectivity index (χ1n) is 24.1. The highest BCUT2D eigenvalue weighted by Gasteiger charge is 2.26. The van der Waals surface area contributed by atoms with Crippen molar-refractivity contribution in [2.24, 2.45) is 0 Å². The maximum absolute atomic E-state index is 12.0. The van der Waals surface area contributed by atoms with Crippen molar-refractivity contribution in [2.45, 2.75) is 79.0 Å². The normalized spacial score (nSPS) is 14.5. The van der Waals surface area contributed by atoms with Gasteiger partial charge in [0.25, 0.3) is 0 Å². The van der Waals surface area contributed by atoms with Crippen molar-refractivity contribution in [3.63, 3.8) is 0 Å². The van der Waals surface area contributed by atoms with Crippen LogP contribution in [0.1, 0.15) is 95.9 Å².